The summed E-state index contributed by atoms with van der Waals surface area (Å²) in [5.74, 6) is 0.249. The molecular weight excluding hydrogens is 216 g/mol. The Bertz CT molecular complexity index is 298. The van der Waals surface area contributed by atoms with E-state index in [2.05, 4.69) is 5.32 Å². The summed E-state index contributed by atoms with van der Waals surface area (Å²) < 4.78 is 0. The van der Waals surface area contributed by atoms with Gasteiger partial charge in [-0.1, -0.05) is 19.3 Å². The van der Waals surface area contributed by atoms with Crippen LogP contribution in [0.4, 0.5) is 0 Å². The Labute approximate surface area is 103 Å². The zero-order valence-electron chi connectivity index (χ0n) is 10.6. The fraction of sp³-hybridized carbons (Fsp3) is 0.846. The molecule has 1 saturated heterocycles. The molecule has 4 nitrogen and oxygen atoms in total. The van der Waals surface area contributed by atoms with E-state index >= 15 is 0 Å². The third kappa shape index (κ3) is 3.20. The summed E-state index contributed by atoms with van der Waals surface area (Å²) in [6.07, 6.45) is 6.82. The highest BCUT2D eigenvalue weighted by Crippen LogP contribution is 2.20. The molecule has 2 aliphatic rings. The molecule has 0 aromatic carbocycles. The molecule has 0 radical (unpaired) electrons. The summed E-state index contributed by atoms with van der Waals surface area (Å²) in [5.41, 5.74) is 0. The zero-order chi connectivity index (χ0) is 12.3. The van der Waals surface area contributed by atoms with Crippen LogP contribution in [-0.2, 0) is 9.59 Å². The highest BCUT2D eigenvalue weighted by molar-refractivity contribution is 5.81. The van der Waals surface area contributed by atoms with Crippen molar-refractivity contribution in [3.05, 3.63) is 0 Å². The highest BCUT2D eigenvalue weighted by atomic mass is 16.2. The van der Waals surface area contributed by atoms with E-state index in [9.17, 15) is 9.59 Å². The van der Waals surface area contributed by atoms with Gasteiger partial charge in [-0.3, -0.25) is 9.59 Å². The van der Waals surface area contributed by atoms with Crippen molar-refractivity contribution in [2.45, 2.75) is 51.5 Å². The average molecular weight is 238 g/mol. The Morgan fingerprint density at radius 1 is 1.12 bits per heavy atom. The topological polar surface area (TPSA) is 49.4 Å². The van der Waals surface area contributed by atoms with Gasteiger partial charge in [0.2, 0.25) is 11.8 Å². The van der Waals surface area contributed by atoms with Gasteiger partial charge in [0.1, 0.15) is 0 Å². The van der Waals surface area contributed by atoms with Gasteiger partial charge in [0.25, 0.3) is 0 Å². The summed E-state index contributed by atoms with van der Waals surface area (Å²) in [5, 5.41) is 3.14. The third-order valence-corrected chi connectivity index (χ3v) is 3.96. The summed E-state index contributed by atoms with van der Waals surface area (Å²) in [6, 6.07) is 0.377. The molecule has 1 unspecified atom stereocenters. The molecule has 1 N–H and O–H groups in total. The van der Waals surface area contributed by atoms with Crippen molar-refractivity contribution >= 4 is 11.8 Å². The largest absolute Gasteiger partial charge is 0.353 e. The molecule has 0 spiro atoms. The smallest absolute Gasteiger partial charge is 0.225 e. The molecule has 2 fully saturated rings. The Balaban J connectivity index is 1.78. The van der Waals surface area contributed by atoms with E-state index in [1.165, 1.54) is 19.3 Å². The average Bonchev–Trinajstić information content (AvgIpc) is 2.79. The van der Waals surface area contributed by atoms with Crippen LogP contribution in [0.5, 0.6) is 0 Å². The van der Waals surface area contributed by atoms with Crippen molar-refractivity contribution in [2.24, 2.45) is 5.92 Å². The van der Waals surface area contributed by atoms with E-state index in [4.69, 9.17) is 0 Å². The number of amides is 2. The van der Waals surface area contributed by atoms with E-state index in [1.54, 1.807) is 11.8 Å². The lowest BCUT2D eigenvalue weighted by Crippen LogP contribution is -2.41. The first kappa shape index (κ1) is 12.4. The monoisotopic (exact) mass is 238 g/mol. The van der Waals surface area contributed by atoms with Crippen molar-refractivity contribution in [2.75, 3.05) is 13.1 Å². The molecule has 96 valence electrons. The van der Waals surface area contributed by atoms with Crippen LogP contribution in [0.1, 0.15) is 45.4 Å². The number of hydrogen-bond acceptors (Lipinski definition) is 2. The lowest BCUT2D eigenvalue weighted by Gasteiger charge is -2.24. The number of hydrogen-bond donors (Lipinski definition) is 1. The van der Waals surface area contributed by atoms with E-state index in [0.717, 1.165) is 25.8 Å². The first-order valence-corrected chi connectivity index (χ1v) is 6.72. The summed E-state index contributed by atoms with van der Waals surface area (Å²) in [6.45, 7) is 2.91. The van der Waals surface area contributed by atoms with Gasteiger partial charge in [-0.15, -0.1) is 0 Å². The fourth-order valence-corrected chi connectivity index (χ4v) is 2.83. The second-order valence-corrected chi connectivity index (χ2v) is 5.29. The predicted molar refractivity (Wildman–Crippen MR) is 65.4 cm³/mol. The maximum atomic E-state index is 12.0. The van der Waals surface area contributed by atoms with Gasteiger partial charge in [0.05, 0.1) is 5.92 Å². The first-order valence-electron chi connectivity index (χ1n) is 6.72. The molecule has 0 bridgehead atoms. The number of carbonyl (C=O) groups is 2. The maximum absolute atomic E-state index is 12.0. The second kappa shape index (κ2) is 5.52. The van der Waals surface area contributed by atoms with Gasteiger partial charge in [0.15, 0.2) is 0 Å². The molecule has 2 rings (SSSR count). The standard InChI is InChI=1S/C13H22N2O2/c1-10(16)15-8-7-11(9-15)13(17)14-12-5-3-2-4-6-12/h11-12H,2-9H2,1H3,(H,14,17). The lowest BCUT2D eigenvalue weighted by molar-refractivity contribution is -0.128. The Morgan fingerprint density at radius 2 is 1.82 bits per heavy atom. The molecule has 1 saturated carbocycles. The molecular formula is C13H22N2O2. The summed E-state index contributed by atoms with van der Waals surface area (Å²) in [4.78, 5) is 25.0. The van der Waals surface area contributed by atoms with Gasteiger partial charge < -0.3 is 10.2 Å². The summed E-state index contributed by atoms with van der Waals surface area (Å²) in [7, 11) is 0. The molecule has 1 heterocycles. The summed E-state index contributed by atoms with van der Waals surface area (Å²) >= 11 is 0. The quantitative estimate of drug-likeness (QED) is 0.788. The minimum Gasteiger partial charge on any atom is -0.353 e. The highest BCUT2D eigenvalue weighted by Gasteiger charge is 2.30. The minimum absolute atomic E-state index is 0.0147. The Hall–Kier alpha value is -1.06. The molecule has 0 aromatic heterocycles. The van der Waals surface area contributed by atoms with Crippen molar-refractivity contribution in [1.29, 1.82) is 0 Å². The first-order chi connectivity index (χ1) is 8.16. The SMILES string of the molecule is CC(=O)N1CCC(C(=O)NC2CCCCC2)C1. The number of carbonyl (C=O) groups excluding carboxylic acids is 2. The molecule has 4 heteroatoms. The van der Waals surface area contributed by atoms with Gasteiger partial charge in [-0.2, -0.15) is 0 Å². The zero-order valence-corrected chi connectivity index (χ0v) is 10.6. The van der Waals surface area contributed by atoms with Crippen molar-refractivity contribution in [1.82, 2.24) is 10.2 Å². The van der Waals surface area contributed by atoms with Gasteiger partial charge in [-0.25, -0.2) is 0 Å². The Kier molecular flexibility index (Phi) is 4.02. The number of likely N-dealkylation sites (tertiary alicyclic amines) is 1. The van der Waals surface area contributed by atoms with E-state index in [1.807, 2.05) is 0 Å². The van der Waals surface area contributed by atoms with E-state index < -0.39 is 0 Å². The van der Waals surface area contributed by atoms with Crippen LogP contribution in [0.3, 0.4) is 0 Å². The second-order valence-electron chi connectivity index (χ2n) is 5.29. The third-order valence-electron chi connectivity index (χ3n) is 3.96. The Morgan fingerprint density at radius 3 is 2.41 bits per heavy atom. The van der Waals surface area contributed by atoms with E-state index in [-0.39, 0.29) is 17.7 Å². The van der Waals surface area contributed by atoms with Crippen molar-refractivity contribution in [3.8, 4) is 0 Å². The van der Waals surface area contributed by atoms with Gasteiger partial charge >= 0.3 is 0 Å². The van der Waals surface area contributed by atoms with Crippen LogP contribution in [-0.4, -0.2) is 35.8 Å². The van der Waals surface area contributed by atoms with Crippen molar-refractivity contribution < 1.29 is 9.59 Å². The number of nitrogens with one attached hydrogen (secondary N) is 1. The maximum Gasteiger partial charge on any atom is 0.225 e. The van der Waals surface area contributed by atoms with Crippen LogP contribution in [0.15, 0.2) is 0 Å². The fourth-order valence-electron chi connectivity index (χ4n) is 2.83. The minimum atomic E-state index is 0.0147. The van der Waals surface area contributed by atoms with Gasteiger partial charge in [-0.05, 0) is 19.3 Å². The van der Waals surface area contributed by atoms with Crippen molar-refractivity contribution in [3.63, 3.8) is 0 Å². The lowest BCUT2D eigenvalue weighted by atomic mass is 9.95. The molecule has 0 aromatic rings. The van der Waals surface area contributed by atoms with Crippen LogP contribution in [0.2, 0.25) is 0 Å². The van der Waals surface area contributed by atoms with Gasteiger partial charge in [0, 0.05) is 26.1 Å². The number of nitrogens with zero attached hydrogens (tertiary/aromatic N) is 1. The molecule has 1 aliphatic carbocycles. The molecule has 2 amide bonds. The predicted octanol–water partition coefficient (Wildman–Crippen LogP) is 1.30. The molecule has 1 atom stereocenters. The normalized spacial score (nSPS) is 25.9. The van der Waals surface area contributed by atoms with Crippen LogP contribution < -0.4 is 5.32 Å². The van der Waals surface area contributed by atoms with Crippen LogP contribution >= 0.6 is 0 Å². The molecule has 17 heavy (non-hydrogen) atoms. The van der Waals surface area contributed by atoms with Crippen LogP contribution in [0, 0.1) is 5.92 Å². The number of rotatable bonds is 2. The van der Waals surface area contributed by atoms with Crippen LogP contribution in [0.25, 0.3) is 0 Å². The molecule has 1 aliphatic heterocycles. The van der Waals surface area contributed by atoms with E-state index in [0.29, 0.717) is 12.6 Å².